The molecular weight excluding hydrogens is 415 g/mol. The zero-order valence-electron chi connectivity index (χ0n) is 16.0. The van der Waals surface area contributed by atoms with Crippen LogP contribution in [0.25, 0.3) is 0 Å². The smallest absolute Gasteiger partial charge is 0.335 e. The second-order valence-electron chi connectivity index (χ2n) is 6.28. The molecule has 10 nitrogen and oxygen atoms in total. The number of hydrogen-bond acceptors (Lipinski definition) is 5. The van der Waals surface area contributed by atoms with Crippen LogP contribution in [-0.4, -0.2) is 58.6 Å². The molecular formula is C20H19FN2O8. The van der Waals surface area contributed by atoms with Crippen LogP contribution in [0.2, 0.25) is 0 Å². The summed E-state index contributed by atoms with van der Waals surface area (Å²) in [6.07, 6.45) is -0.0817. The van der Waals surface area contributed by atoms with Crippen molar-refractivity contribution in [2.75, 3.05) is 18.6 Å². The van der Waals surface area contributed by atoms with Crippen molar-refractivity contribution in [3.63, 3.8) is 0 Å². The number of anilines is 1. The highest BCUT2D eigenvalue weighted by atomic mass is 19.1. The van der Waals surface area contributed by atoms with Gasteiger partial charge in [-0.15, -0.1) is 0 Å². The van der Waals surface area contributed by atoms with Crippen LogP contribution in [-0.2, 0) is 11.2 Å². The summed E-state index contributed by atoms with van der Waals surface area (Å²) < 4.78 is 17.2. The summed E-state index contributed by atoms with van der Waals surface area (Å²) in [5, 5.41) is 32.0. The Bertz CT molecular complexity index is 945. The van der Waals surface area contributed by atoms with Crippen LogP contribution in [0, 0.1) is 0 Å². The van der Waals surface area contributed by atoms with Crippen LogP contribution in [0.5, 0.6) is 5.75 Å². The standard InChI is InChI=1S/C20H19FN2O8/c21-5-6-31-15-3-1-11(2-4-15)7-16(19(28)29)23-20(30)22-14-9-12(17(24)25)8-13(10-14)18(26)27/h1-4,8-10,16H,5-7H2,(H,24,25)(H,26,27)(H,28,29)(H2,22,23,30)/t16-/m0/s1. The topological polar surface area (TPSA) is 162 Å². The Morgan fingerprint density at radius 3 is 2.00 bits per heavy atom. The van der Waals surface area contributed by atoms with Crippen molar-refractivity contribution in [3.05, 3.63) is 59.2 Å². The predicted molar refractivity (Wildman–Crippen MR) is 106 cm³/mol. The zero-order chi connectivity index (χ0) is 23.0. The van der Waals surface area contributed by atoms with Crippen molar-refractivity contribution in [3.8, 4) is 5.75 Å². The number of halogens is 1. The molecule has 0 bridgehead atoms. The van der Waals surface area contributed by atoms with Gasteiger partial charge in [0.25, 0.3) is 0 Å². The first-order valence-electron chi connectivity index (χ1n) is 8.89. The summed E-state index contributed by atoms with van der Waals surface area (Å²) in [6.45, 7) is -0.753. The first-order chi connectivity index (χ1) is 14.7. The molecule has 2 aromatic rings. The van der Waals surface area contributed by atoms with Crippen molar-refractivity contribution in [1.82, 2.24) is 5.32 Å². The molecule has 31 heavy (non-hydrogen) atoms. The molecule has 0 aromatic heterocycles. The number of hydrogen-bond donors (Lipinski definition) is 5. The number of alkyl halides is 1. The summed E-state index contributed by atoms with van der Waals surface area (Å²) in [4.78, 5) is 46.0. The van der Waals surface area contributed by atoms with Gasteiger partial charge in [-0.2, -0.15) is 0 Å². The number of urea groups is 1. The third-order valence-corrected chi connectivity index (χ3v) is 4.00. The van der Waals surface area contributed by atoms with Crippen LogP contribution in [0.1, 0.15) is 26.3 Å². The normalized spacial score (nSPS) is 11.3. The number of carboxylic acid groups (broad SMARTS) is 3. The van der Waals surface area contributed by atoms with Gasteiger partial charge in [0.1, 0.15) is 25.1 Å². The van der Waals surface area contributed by atoms with Gasteiger partial charge in [-0.25, -0.2) is 23.6 Å². The highest BCUT2D eigenvalue weighted by molar-refractivity contribution is 5.98. The van der Waals surface area contributed by atoms with Gasteiger partial charge in [-0.05, 0) is 35.9 Å². The molecule has 2 rings (SSSR count). The number of amides is 2. The Balaban J connectivity index is 2.08. The van der Waals surface area contributed by atoms with Crippen molar-refractivity contribution >= 4 is 29.6 Å². The second kappa shape index (κ2) is 10.6. The second-order valence-corrected chi connectivity index (χ2v) is 6.28. The molecule has 2 aromatic carbocycles. The minimum atomic E-state index is -1.39. The number of nitrogens with one attached hydrogen (secondary N) is 2. The highest BCUT2D eigenvalue weighted by Gasteiger charge is 2.21. The average molecular weight is 434 g/mol. The SMILES string of the molecule is O=C(Nc1cc(C(=O)O)cc(C(=O)O)c1)N[C@@H](Cc1ccc(OCCF)cc1)C(=O)O. The van der Waals surface area contributed by atoms with Gasteiger partial charge in [0.2, 0.25) is 0 Å². The number of carbonyl (C=O) groups excluding carboxylic acids is 1. The fourth-order valence-electron chi connectivity index (χ4n) is 2.59. The Hall–Kier alpha value is -4.15. The molecule has 0 saturated heterocycles. The van der Waals surface area contributed by atoms with Crippen LogP contribution < -0.4 is 15.4 Å². The molecule has 0 unspecified atom stereocenters. The fourth-order valence-corrected chi connectivity index (χ4v) is 2.59. The third-order valence-electron chi connectivity index (χ3n) is 4.00. The monoisotopic (exact) mass is 434 g/mol. The predicted octanol–water partition coefficient (Wildman–Crippen LogP) is 2.25. The molecule has 0 fully saturated rings. The maximum Gasteiger partial charge on any atom is 0.335 e. The van der Waals surface area contributed by atoms with Gasteiger partial charge >= 0.3 is 23.9 Å². The number of aliphatic carboxylic acids is 1. The van der Waals surface area contributed by atoms with E-state index < -0.39 is 36.7 Å². The molecule has 0 radical (unpaired) electrons. The molecule has 0 aliphatic heterocycles. The van der Waals surface area contributed by atoms with Gasteiger partial charge in [0.15, 0.2) is 0 Å². The molecule has 11 heteroatoms. The number of benzene rings is 2. The molecule has 0 spiro atoms. The number of rotatable bonds is 10. The molecule has 0 saturated carbocycles. The summed E-state index contributed by atoms with van der Waals surface area (Å²) in [6, 6.07) is 6.92. The van der Waals surface area contributed by atoms with E-state index in [0.29, 0.717) is 11.3 Å². The zero-order valence-corrected chi connectivity index (χ0v) is 16.0. The van der Waals surface area contributed by atoms with E-state index >= 15 is 0 Å². The van der Waals surface area contributed by atoms with E-state index in [1.54, 1.807) is 12.1 Å². The lowest BCUT2D eigenvalue weighted by Crippen LogP contribution is -2.44. The van der Waals surface area contributed by atoms with Gasteiger partial charge < -0.3 is 30.7 Å². The van der Waals surface area contributed by atoms with Crippen LogP contribution in [0.15, 0.2) is 42.5 Å². The minimum Gasteiger partial charge on any atom is -0.491 e. The first-order valence-corrected chi connectivity index (χ1v) is 8.89. The maximum absolute atomic E-state index is 12.2. The highest BCUT2D eigenvalue weighted by Crippen LogP contribution is 2.16. The Morgan fingerprint density at radius 1 is 0.935 bits per heavy atom. The van der Waals surface area contributed by atoms with Crippen molar-refractivity contribution in [2.24, 2.45) is 0 Å². The van der Waals surface area contributed by atoms with E-state index in [-0.39, 0.29) is 29.8 Å². The van der Waals surface area contributed by atoms with E-state index in [4.69, 9.17) is 14.9 Å². The van der Waals surface area contributed by atoms with E-state index in [9.17, 15) is 28.7 Å². The van der Waals surface area contributed by atoms with Gasteiger partial charge in [0, 0.05) is 12.1 Å². The molecule has 2 amide bonds. The average Bonchev–Trinajstić information content (AvgIpc) is 2.72. The minimum absolute atomic E-state index is 0.0817. The maximum atomic E-state index is 12.2. The summed E-state index contributed by atoms with van der Waals surface area (Å²) >= 11 is 0. The van der Waals surface area contributed by atoms with Crippen LogP contribution in [0.3, 0.4) is 0 Å². The number of carboxylic acids is 3. The third kappa shape index (κ3) is 6.99. The van der Waals surface area contributed by atoms with Crippen LogP contribution in [0.4, 0.5) is 14.9 Å². The lowest BCUT2D eigenvalue weighted by Gasteiger charge is -2.16. The molecule has 0 aliphatic rings. The molecule has 0 heterocycles. The van der Waals surface area contributed by atoms with E-state index in [0.717, 1.165) is 18.2 Å². The lowest BCUT2D eigenvalue weighted by molar-refractivity contribution is -0.139. The first kappa shape index (κ1) is 23.1. The summed E-state index contributed by atoms with van der Waals surface area (Å²) in [5.41, 5.74) is -0.297. The van der Waals surface area contributed by atoms with E-state index in [1.165, 1.54) is 12.1 Å². The Labute approximate surface area is 175 Å². The number of carbonyl (C=O) groups is 4. The molecule has 164 valence electrons. The largest absolute Gasteiger partial charge is 0.491 e. The number of ether oxygens (including phenoxy) is 1. The molecule has 0 aliphatic carbocycles. The lowest BCUT2D eigenvalue weighted by atomic mass is 10.1. The van der Waals surface area contributed by atoms with Crippen molar-refractivity contribution < 1.29 is 43.6 Å². The van der Waals surface area contributed by atoms with Gasteiger partial charge in [0.05, 0.1) is 11.1 Å². The quantitative estimate of drug-likeness (QED) is 0.380. The summed E-state index contributed by atoms with van der Waals surface area (Å²) in [7, 11) is 0. The fraction of sp³-hybridized carbons (Fsp3) is 0.200. The Morgan fingerprint density at radius 2 is 1.52 bits per heavy atom. The van der Waals surface area contributed by atoms with E-state index in [1.807, 2.05) is 0 Å². The van der Waals surface area contributed by atoms with Gasteiger partial charge in [-0.1, -0.05) is 12.1 Å². The van der Waals surface area contributed by atoms with Crippen molar-refractivity contribution in [2.45, 2.75) is 12.5 Å². The van der Waals surface area contributed by atoms with E-state index in [2.05, 4.69) is 10.6 Å². The molecule has 5 N–H and O–H groups in total. The molecule has 1 atom stereocenters. The number of aromatic carboxylic acids is 2. The Kier molecular flexibility index (Phi) is 7.89. The van der Waals surface area contributed by atoms with Crippen molar-refractivity contribution in [1.29, 1.82) is 0 Å². The van der Waals surface area contributed by atoms with Gasteiger partial charge in [-0.3, -0.25) is 0 Å². The summed E-state index contributed by atoms with van der Waals surface area (Å²) in [5.74, 6) is -3.70. The van der Waals surface area contributed by atoms with Crippen LogP contribution >= 0.6 is 0 Å².